The van der Waals surface area contributed by atoms with Crippen LogP contribution in [0.15, 0.2) is 0 Å². The fraction of sp³-hybridized carbons (Fsp3) is 1.00. The minimum absolute atomic E-state index is 0.0857. The van der Waals surface area contributed by atoms with Crippen LogP contribution in [0.3, 0.4) is 0 Å². The molecule has 0 rings (SSSR count). The van der Waals surface area contributed by atoms with Gasteiger partial charge in [-0.15, -0.1) is 11.6 Å². The van der Waals surface area contributed by atoms with Gasteiger partial charge in [-0.1, -0.05) is 32.6 Å². The molecule has 0 heterocycles. The lowest BCUT2D eigenvalue weighted by Crippen LogP contribution is -2.70. The van der Waals surface area contributed by atoms with Crippen LogP contribution in [-0.4, -0.2) is 41.2 Å². The molecule has 0 aliphatic carbocycles. The van der Waals surface area contributed by atoms with Gasteiger partial charge < -0.3 is 0 Å². The van der Waals surface area contributed by atoms with Crippen molar-refractivity contribution in [3.8, 4) is 0 Å². The number of hydrogen-bond acceptors (Lipinski definition) is 0. The lowest BCUT2D eigenvalue weighted by Gasteiger charge is -2.40. The molecule has 0 N–H and O–H groups in total. The van der Waals surface area contributed by atoms with Gasteiger partial charge in [-0.2, -0.15) is 57.1 Å². The predicted octanol–water partition coefficient (Wildman–Crippen LogP) is 7.69. The minimum atomic E-state index is -7.87. The summed E-state index contributed by atoms with van der Waals surface area (Å²) >= 11 is 5.30. The molecular formula is C14H16ClF13. The minimum Gasteiger partial charge on any atom is -0.200 e. The Bertz CT molecular complexity index is 498. The second kappa shape index (κ2) is 8.63. The van der Waals surface area contributed by atoms with Crippen LogP contribution in [0.4, 0.5) is 57.1 Å². The molecule has 0 amide bonds. The van der Waals surface area contributed by atoms with Crippen molar-refractivity contribution in [2.75, 3.05) is 0 Å². The van der Waals surface area contributed by atoms with E-state index in [0.717, 1.165) is 0 Å². The van der Waals surface area contributed by atoms with Crippen LogP contribution in [0.25, 0.3) is 0 Å². The molecule has 28 heavy (non-hydrogen) atoms. The van der Waals surface area contributed by atoms with E-state index in [9.17, 15) is 57.1 Å². The summed E-state index contributed by atoms with van der Waals surface area (Å²) in [5.74, 6) is -36.7. The summed E-state index contributed by atoms with van der Waals surface area (Å²) in [6, 6.07) is 0. The molecule has 0 aromatic rings. The van der Waals surface area contributed by atoms with Crippen molar-refractivity contribution in [1.29, 1.82) is 0 Å². The second-order valence-electron chi connectivity index (χ2n) is 6.15. The summed E-state index contributed by atoms with van der Waals surface area (Å²) in [5, 5.41) is -1.94. The van der Waals surface area contributed by atoms with E-state index in [-0.39, 0.29) is 6.42 Å². The van der Waals surface area contributed by atoms with Crippen molar-refractivity contribution in [3.63, 3.8) is 0 Å². The van der Waals surface area contributed by atoms with E-state index in [1.165, 1.54) is 0 Å². The number of hydrogen-bond donors (Lipinski definition) is 0. The summed E-state index contributed by atoms with van der Waals surface area (Å²) in [6.45, 7) is 1.76. The van der Waals surface area contributed by atoms with Crippen molar-refractivity contribution < 1.29 is 57.1 Å². The number of alkyl halides is 14. The van der Waals surface area contributed by atoms with Gasteiger partial charge in [0.2, 0.25) is 0 Å². The van der Waals surface area contributed by atoms with E-state index in [1.807, 2.05) is 0 Å². The first-order chi connectivity index (χ1) is 12.2. The van der Waals surface area contributed by atoms with E-state index in [2.05, 4.69) is 0 Å². The van der Waals surface area contributed by atoms with E-state index in [4.69, 9.17) is 11.6 Å². The number of rotatable bonds is 11. The van der Waals surface area contributed by atoms with Gasteiger partial charge in [-0.3, -0.25) is 0 Å². The summed E-state index contributed by atoms with van der Waals surface area (Å²) in [4.78, 5) is 0. The molecule has 14 heteroatoms. The first-order valence-corrected chi connectivity index (χ1v) is 8.24. The lowest BCUT2D eigenvalue weighted by molar-refractivity contribution is -0.440. The Hall–Kier alpha value is -0.620. The molecule has 0 saturated carbocycles. The molecule has 1 unspecified atom stereocenters. The Kier molecular flexibility index (Phi) is 8.44. The molecule has 0 bridgehead atoms. The summed E-state index contributed by atoms with van der Waals surface area (Å²) < 4.78 is 168. The molecule has 0 saturated heterocycles. The zero-order valence-electron chi connectivity index (χ0n) is 14.1. The van der Waals surface area contributed by atoms with Crippen LogP contribution >= 0.6 is 11.6 Å². The Balaban J connectivity index is 5.67. The van der Waals surface area contributed by atoms with Gasteiger partial charge >= 0.3 is 35.8 Å². The predicted molar refractivity (Wildman–Crippen MR) is 73.8 cm³/mol. The standard InChI is InChI=1S/C14H16ClF13/c1-2-3-4-5-6-8(15)7-9(16,17)10(18,19)11(20,21)12(22,23)13(24,25)14(26,27)28/h8H,2-7H2,1H3. The highest BCUT2D eigenvalue weighted by Gasteiger charge is 2.90. The largest absolute Gasteiger partial charge is 0.460 e. The first-order valence-electron chi connectivity index (χ1n) is 7.80. The third kappa shape index (κ3) is 4.92. The SMILES string of the molecule is CCCCCCC(Cl)CC(F)(F)C(F)(F)C(F)(F)C(F)(F)C(F)(F)C(F)(F)F. The average Bonchev–Trinajstić information content (AvgIpc) is 2.49. The highest BCUT2D eigenvalue weighted by atomic mass is 35.5. The maximum absolute atomic E-state index is 13.6. The Morgan fingerprint density at radius 1 is 0.607 bits per heavy atom. The Morgan fingerprint density at radius 2 is 1.04 bits per heavy atom. The van der Waals surface area contributed by atoms with Gasteiger partial charge in [0.05, 0.1) is 0 Å². The topological polar surface area (TPSA) is 0 Å². The molecule has 170 valence electrons. The van der Waals surface area contributed by atoms with E-state index < -0.39 is 54.0 Å². The Morgan fingerprint density at radius 3 is 1.43 bits per heavy atom. The molecule has 0 aromatic heterocycles. The van der Waals surface area contributed by atoms with Crippen LogP contribution in [0, 0.1) is 0 Å². The van der Waals surface area contributed by atoms with Gasteiger partial charge in [0.1, 0.15) is 0 Å². The monoisotopic (exact) mass is 466 g/mol. The van der Waals surface area contributed by atoms with Crippen molar-refractivity contribution in [2.24, 2.45) is 0 Å². The number of unbranched alkanes of at least 4 members (excludes halogenated alkanes) is 3. The van der Waals surface area contributed by atoms with Gasteiger partial charge in [0.15, 0.2) is 0 Å². The van der Waals surface area contributed by atoms with Crippen molar-refractivity contribution in [3.05, 3.63) is 0 Å². The highest BCUT2D eigenvalue weighted by molar-refractivity contribution is 6.20. The van der Waals surface area contributed by atoms with Crippen molar-refractivity contribution in [1.82, 2.24) is 0 Å². The van der Waals surface area contributed by atoms with Gasteiger partial charge in [-0.25, -0.2) is 0 Å². The maximum atomic E-state index is 13.6. The van der Waals surface area contributed by atoms with Crippen LogP contribution in [0.1, 0.15) is 45.4 Å². The normalized spacial score (nSPS) is 16.4. The third-order valence-electron chi connectivity index (χ3n) is 3.85. The third-order valence-corrected chi connectivity index (χ3v) is 4.22. The zero-order valence-corrected chi connectivity index (χ0v) is 14.9. The highest BCUT2D eigenvalue weighted by Crippen LogP contribution is 2.60. The zero-order chi connectivity index (χ0) is 22.8. The van der Waals surface area contributed by atoms with Crippen molar-refractivity contribution in [2.45, 2.75) is 86.6 Å². The molecule has 1 atom stereocenters. The van der Waals surface area contributed by atoms with Gasteiger partial charge in [0.25, 0.3) is 0 Å². The van der Waals surface area contributed by atoms with Gasteiger partial charge in [-0.05, 0) is 6.42 Å². The molecule has 0 aromatic carbocycles. The lowest BCUT2D eigenvalue weighted by atomic mass is 9.91. The molecule has 0 spiro atoms. The molecule has 0 aliphatic heterocycles. The number of halogens is 14. The second-order valence-corrected chi connectivity index (χ2v) is 6.77. The fourth-order valence-corrected chi connectivity index (χ4v) is 2.45. The van der Waals surface area contributed by atoms with E-state index >= 15 is 0 Å². The van der Waals surface area contributed by atoms with Crippen LogP contribution in [-0.2, 0) is 0 Å². The fourth-order valence-electron chi connectivity index (χ4n) is 2.10. The quantitative estimate of drug-likeness (QED) is 0.166. The summed E-state index contributed by atoms with van der Waals surface area (Å²) in [7, 11) is 0. The van der Waals surface area contributed by atoms with Crippen LogP contribution in [0.2, 0.25) is 0 Å². The molecule has 0 fully saturated rings. The van der Waals surface area contributed by atoms with Crippen LogP contribution in [0.5, 0.6) is 0 Å². The molecule has 0 aliphatic rings. The maximum Gasteiger partial charge on any atom is 0.460 e. The molecule has 0 radical (unpaired) electrons. The molecular weight excluding hydrogens is 451 g/mol. The van der Waals surface area contributed by atoms with E-state index in [0.29, 0.717) is 19.3 Å². The summed E-state index contributed by atoms with van der Waals surface area (Å²) in [5.41, 5.74) is 0. The van der Waals surface area contributed by atoms with Crippen molar-refractivity contribution >= 4 is 11.6 Å². The first kappa shape index (κ1) is 27.4. The van der Waals surface area contributed by atoms with E-state index in [1.54, 1.807) is 6.92 Å². The average molecular weight is 467 g/mol. The van der Waals surface area contributed by atoms with Crippen LogP contribution < -0.4 is 0 Å². The smallest absolute Gasteiger partial charge is 0.200 e. The molecule has 0 nitrogen and oxygen atoms in total. The Labute approximate surface area is 156 Å². The summed E-state index contributed by atoms with van der Waals surface area (Å²) in [6.07, 6.45) is -8.41. The van der Waals surface area contributed by atoms with Gasteiger partial charge in [0, 0.05) is 11.8 Å².